The molecule has 7 nitrogen and oxygen atoms in total. The highest BCUT2D eigenvalue weighted by atomic mass is 16.5. The molecule has 1 amide bonds. The van der Waals surface area contributed by atoms with Crippen molar-refractivity contribution >= 4 is 17.1 Å². The Morgan fingerprint density at radius 2 is 2.20 bits per heavy atom. The Balaban J connectivity index is 1.60. The predicted molar refractivity (Wildman–Crippen MR) is 92.1 cm³/mol. The minimum atomic E-state index is -0.509. The Morgan fingerprint density at radius 3 is 3.08 bits per heavy atom. The molecule has 3 heterocycles. The van der Waals surface area contributed by atoms with Gasteiger partial charge in [0.25, 0.3) is 5.91 Å². The summed E-state index contributed by atoms with van der Waals surface area (Å²) in [7, 11) is 0. The summed E-state index contributed by atoms with van der Waals surface area (Å²) in [6, 6.07) is 8.27. The fourth-order valence-electron chi connectivity index (χ4n) is 3.42. The standard InChI is InChI=1S/C18H19N5O2/c1-2-18(13-6-4-3-5-12(13)7-8-25-18)9-19-17(24)15-14-16(22-10-20-14)23-11-21-15/h3-6,10-11H,2,7-9H2,1H3,(H,19,24)(H,20,21,22,23). The lowest BCUT2D eigenvalue weighted by Crippen LogP contribution is -2.45. The maximum Gasteiger partial charge on any atom is 0.272 e. The highest BCUT2D eigenvalue weighted by Gasteiger charge is 2.36. The van der Waals surface area contributed by atoms with E-state index in [4.69, 9.17) is 4.74 Å². The third-order valence-corrected chi connectivity index (χ3v) is 4.80. The monoisotopic (exact) mass is 337 g/mol. The van der Waals surface area contributed by atoms with Gasteiger partial charge in [-0.2, -0.15) is 0 Å². The average molecular weight is 337 g/mol. The van der Waals surface area contributed by atoms with E-state index in [2.05, 4.69) is 44.3 Å². The molecule has 4 rings (SSSR count). The fourth-order valence-corrected chi connectivity index (χ4v) is 3.42. The lowest BCUT2D eigenvalue weighted by atomic mass is 9.84. The fraction of sp³-hybridized carbons (Fsp3) is 0.333. The zero-order valence-corrected chi connectivity index (χ0v) is 14.0. The maximum absolute atomic E-state index is 12.7. The number of aromatic amines is 1. The molecule has 0 bridgehead atoms. The Morgan fingerprint density at radius 1 is 1.32 bits per heavy atom. The summed E-state index contributed by atoms with van der Waals surface area (Å²) in [4.78, 5) is 27.8. The number of benzene rings is 1. The molecule has 0 aliphatic carbocycles. The van der Waals surface area contributed by atoms with Gasteiger partial charge in [0.2, 0.25) is 0 Å². The van der Waals surface area contributed by atoms with Crippen LogP contribution >= 0.6 is 0 Å². The van der Waals surface area contributed by atoms with E-state index in [-0.39, 0.29) is 11.6 Å². The van der Waals surface area contributed by atoms with Gasteiger partial charge in [-0.15, -0.1) is 0 Å². The minimum absolute atomic E-state index is 0.267. The van der Waals surface area contributed by atoms with Crippen LogP contribution in [0.2, 0.25) is 0 Å². The largest absolute Gasteiger partial charge is 0.368 e. The van der Waals surface area contributed by atoms with Crippen LogP contribution in [0.3, 0.4) is 0 Å². The van der Waals surface area contributed by atoms with E-state index < -0.39 is 5.60 Å². The first kappa shape index (κ1) is 15.7. The molecular weight excluding hydrogens is 318 g/mol. The van der Waals surface area contributed by atoms with Crippen molar-refractivity contribution in [2.24, 2.45) is 0 Å². The summed E-state index contributed by atoms with van der Waals surface area (Å²) in [5, 5.41) is 2.98. The van der Waals surface area contributed by atoms with Crippen molar-refractivity contribution in [3.8, 4) is 0 Å². The summed E-state index contributed by atoms with van der Waals surface area (Å²) < 4.78 is 6.13. The summed E-state index contributed by atoms with van der Waals surface area (Å²) in [6.07, 6.45) is 4.52. The summed E-state index contributed by atoms with van der Waals surface area (Å²) in [5.41, 5.74) is 3.23. The van der Waals surface area contributed by atoms with E-state index in [1.54, 1.807) is 0 Å². The van der Waals surface area contributed by atoms with Crippen molar-refractivity contribution in [2.45, 2.75) is 25.4 Å². The number of rotatable bonds is 4. The van der Waals surface area contributed by atoms with Gasteiger partial charge in [-0.3, -0.25) is 4.79 Å². The van der Waals surface area contributed by atoms with Gasteiger partial charge in [-0.05, 0) is 24.0 Å². The first-order valence-corrected chi connectivity index (χ1v) is 8.38. The van der Waals surface area contributed by atoms with Gasteiger partial charge in [-0.1, -0.05) is 31.2 Å². The molecule has 0 fully saturated rings. The van der Waals surface area contributed by atoms with Crippen molar-refractivity contribution in [1.29, 1.82) is 0 Å². The molecule has 25 heavy (non-hydrogen) atoms. The van der Waals surface area contributed by atoms with Crippen LogP contribution in [0.25, 0.3) is 11.2 Å². The lowest BCUT2D eigenvalue weighted by molar-refractivity contribution is -0.0606. The summed E-state index contributed by atoms with van der Waals surface area (Å²) in [6.45, 7) is 3.12. The number of hydrogen-bond acceptors (Lipinski definition) is 5. The molecule has 2 aromatic heterocycles. The van der Waals surface area contributed by atoms with Gasteiger partial charge in [0.1, 0.15) is 17.4 Å². The highest BCUT2D eigenvalue weighted by molar-refractivity contribution is 6.01. The topological polar surface area (TPSA) is 92.8 Å². The van der Waals surface area contributed by atoms with Crippen LogP contribution in [0.15, 0.2) is 36.9 Å². The van der Waals surface area contributed by atoms with E-state index in [0.717, 1.165) is 18.4 Å². The molecule has 1 aliphatic heterocycles. The van der Waals surface area contributed by atoms with Crippen LogP contribution in [0, 0.1) is 0 Å². The zero-order chi connectivity index (χ0) is 17.3. The minimum Gasteiger partial charge on any atom is -0.368 e. The third kappa shape index (κ3) is 2.66. The second-order valence-electron chi connectivity index (χ2n) is 6.11. The predicted octanol–water partition coefficient (Wildman–Crippen LogP) is 1.96. The van der Waals surface area contributed by atoms with Crippen LogP contribution in [0.1, 0.15) is 35.0 Å². The van der Waals surface area contributed by atoms with Crippen LogP contribution in [0.4, 0.5) is 0 Å². The van der Waals surface area contributed by atoms with Gasteiger partial charge in [0.15, 0.2) is 11.3 Å². The molecule has 0 saturated heterocycles. The second kappa shape index (κ2) is 6.25. The van der Waals surface area contributed by atoms with Crippen molar-refractivity contribution in [3.63, 3.8) is 0 Å². The number of imidazole rings is 1. The number of nitrogens with zero attached hydrogens (tertiary/aromatic N) is 3. The molecular formula is C18H19N5O2. The van der Waals surface area contributed by atoms with Crippen molar-refractivity contribution < 1.29 is 9.53 Å². The second-order valence-corrected chi connectivity index (χ2v) is 6.11. The van der Waals surface area contributed by atoms with E-state index in [0.29, 0.717) is 24.3 Å². The van der Waals surface area contributed by atoms with E-state index >= 15 is 0 Å². The quantitative estimate of drug-likeness (QED) is 0.759. The van der Waals surface area contributed by atoms with Crippen LogP contribution < -0.4 is 5.32 Å². The number of ether oxygens (including phenoxy) is 1. The van der Waals surface area contributed by atoms with Crippen LogP contribution in [-0.4, -0.2) is 39.0 Å². The first-order chi connectivity index (χ1) is 12.2. The molecule has 1 unspecified atom stereocenters. The molecule has 3 aromatic rings. The highest BCUT2D eigenvalue weighted by Crippen LogP contribution is 2.35. The molecule has 1 aromatic carbocycles. The molecule has 2 N–H and O–H groups in total. The van der Waals surface area contributed by atoms with Crippen LogP contribution in [-0.2, 0) is 16.8 Å². The molecule has 1 aliphatic rings. The van der Waals surface area contributed by atoms with Crippen LogP contribution in [0.5, 0.6) is 0 Å². The van der Waals surface area contributed by atoms with E-state index in [9.17, 15) is 4.79 Å². The SMILES string of the molecule is CCC1(CNC(=O)c2ncnc3nc[nH]c23)OCCc2ccccc21. The van der Waals surface area contributed by atoms with Crippen molar-refractivity contribution in [3.05, 3.63) is 53.7 Å². The third-order valence-electron chi connectivity index (χ3n) is 4.80. The maximum atomic E-state index is 12.7. The Hall–Kier alpha value is -2.80. The lowest BCUT2D eigenvalue weighted by Gasteiger charge is -2.38. The Labute approximate surface area is 144 Å². The number of H-pyrrole nitrogens is 1. The Kier molecular flexibility index (Phi) is 3.93. The number of carbonyl (C=O) groups is 1. The molecule has 7 heteroatoms. The molecule has 128 valence electrons. The van der Waals surface area contributed by atoms with Gasteiger partial charge in [-0.25, -0.2) is 15.0 Å². The van der Waals surface area contributed by atoms with Crippen molar-refractivity contribution in [2.75, 3.05) is 13.2 Å². The van der Waals surface area contributed by atoms with E-state index in [1.807, 2.05) is 12.1 Å². The van der Waals surface area contributed by atoms with Gasteiger partial charge >= 0.3 is 0 Å². The zero-order valence-electron chi connectivity index (χ0n) is 14.0. The number of carbonyl (C=O) groups excluding carboxylic acids is 1. The van der Waals surface area contributed by atoms with Gasteiger partial charge in [0, 0.05) is 0 Å². The normalized spacial score (nSPS) is 19.6. The van der Waals surface area contributed by atoms with Crippen molar-refractivity contribution in [1.82, 2.24) is 25.3 Å². The van der Waals surface area contributed by atoms with Gasteiger partial charge < -0.3 is 15.0 Å². The smallest absolute Gasteiger partial charge is 0.272 e. The molecule has 0 saturated carbocycles. The molecule has 0 radical (unpaired) electrons. The first-order valence-electron chi connectivity index (χ1n) is 8.38. The number of nitrogens with one attached hydrogen (secondary N) is 2. The van der Waals surface area contributed by atoms with Gasteiger partial charge in [0.05, 0.1) is 19.5 Å². The average Bonchev–Trinajstić information content (AvgIpc) is 3.15. The summed E-state index contributed by atoms with van der Waals surface area (Å²) in [5.74, 6) is -0.267. The number of hydrogen-bond donors (Lipinski definition) is 2. The Bertz CT molecular complexity index is 922. The number of amides is 1. The number of aromatic nitrogens is 4. The molecule has 0 spiro atoms. The summed E-state index contributed by atoms with van der Waals surface area (Å²) >= 11 is 0. The molecule has 1 atom stereocenters. The van der Waals surface area contributed by atoms with E-state index in [1.165, 1.54) is 18.2 Å². The number of fused-ring (bicyclic) bond motifs is 2.